The normalized spacial score (nSPS) is 10.4. The van der Waals surface area contributed by atoms with Crippen LogP contribution in [0, 0.1) is 11.6 Å². The minimum absolute atomic E-state index is 0.518. The Morgan fingerprint density at radius 1 is 1.00 bits per heavy atom. The minimum atomic E-state index is -0.577. The summed E-state index contributed by atoms with van der Waals surface area (Å²) in [6.45, 7) is 0. The third-order valence-electron chi connectivity index (χ3n) is 1.77. The molecule has 0 amide bonds. The molecule has 4 heteroatoms. The van der Waals surface area contributed by atoms with E-state index in [9.17, 15) is 8.78 Å². The summed E-state index contributed by atoms with van der Waals surface area (Å²) in [4.78, 5) is 0.765. The van der Waals surface area contributed by atoms with Gasteiger partial charge in [0.15, 0.2) is 0 Å². The number of thiophene rings is 1. The lowest BCUT2D eigenvalue weighted by Gasteiger charge is -1.97. The van der Waals surface area contributed by atoms with Crippen LogP contribution in [0.1, 0.15) is 0 Å². The largest absolute Gasteiger partial charge is 0.391 e. The first kappa shape index (κ1) is 9.15. The highest BCUT2D eigenvalue weighted by Crippen LogP contribution is 2.30. The van der Waals surface area contributed by atoms with Crippen molar-refractivity contribution in [2.45, 2.75) is 0 Å². The van der Waals surface area contributed by atoms with E-state index in [1.54, 1.807) is 12.1 Å². The van der Waals surface area contributed by atoms with Gasteiger partial charge in [0.25, 0.3) is 0 Å². The SMILES string of the molecule is Nc1ccc(-c2cc(F)cc(F)c2)s1. The van der Waals surface area contributed by atoms with Crippen LogP contribution in [-0.2, 0) is 0 Å². The Labute approximate surface area is 83.8 Å². The summed E-state index contributed by atoms with van der Waals surface area (Å²) in [7, 11) is 0. The average molecular weight is 211 g/mol. The predicted octanol–water partition coefficient (Wildman–Crippen LogP) is 3.28. The average Bonchev–Trinajstić information content (AvgIpc) is 2.50. The summed E-state index contributed by atoms with van der Waals surface area (Å²) in [5, 5.41) is 0.629. The number of halogens is 2. The van der Waals surface area contributed by atoms with Crippen molar-refractivity contribution < 1.29 is 8.78 Å². The molecule has 1 nitrogen and oxygen atoms in total. The van der Waals surface area contributed by atoms with E-state index in [-0.39, 0.29) is 0 Å². The van der Waals surface area contributed by atoms with Crippen molar-refractivity contribution in [3.63, 3.8) is 0 Å². The molecule has 0 saturated carbocycles. The zero-order valence-electron chi connectivity index (χ0n) is 7.13. The number of benzene rings is 1. The third-order valence-corrected chi connectivity index (χ3v) is 2.74. The summed E-state index contributed by atoms with van der Waals surface area (Å²) in [6.07, 6.45) is 0. The van der Waals surface area contributed by atoms with E-state index in [2.05, 4.69) is 0 Å². The molecule has 0 aliphatic rings. The Balaban J connectivity index is 2.51. The number of hydrogen-bond donors (Lipinski definition) is 1. The highest BCUT2D eigenvalue weighted by molar-refractivity contribution is 7.19. The van der Waals surface area contributed by atoms with Gasteiger partial charge in [-0.1, -0.05) is 0 Å². The molecule has 0 saturated heterocycles. The quantitative estimate of drug-likeness (QED) is 0.769. The number of hydrogen-bond acceptors (Lipinski definition) is 2. The van der Waals surface area contributed by atoms with Crippen molar-refractivity contribution in [2.24, 2.45) is 0 Å². The fraction of sp³-hybridized carbons (Fsp3) is 0. The van der Waals surface area contributed by atoms with E-state index in [1.807, 2.05) is 0 Å². The molecule has 0 spiro atoms. The molecule has 0 radical (unpaired) electrons. The van der Waals surface area contributed by atoms with Crippen molar-refractivity contribution in [3.05, 3.63) is 42.0 Å². The summed E-state index contributed by atoms with van der Waals surface area (Å²) >= 11 is 1.30. The van der Waals surface area contributed by atoms with Crippen LogP contribution < -0.4 is 5.73 Å². The van der Waals surface area contributed by atoms with Gasteiger partial charge in [0.1, 0.15) is 11.6 Å². The Hall–Kier alpha value is -1.42. The van der Waals surface area contributed by atoms with E-state index in [4.69, 9.17) is 5.73 Å². The van der Waals surface area contributed by atoms with Gasteiger partial charge in [0.05, 0.1) is 5.00 Å². The zero-order chi connectivity index (χ0) is 10.1. The maximum Gasteiger partial charge on any atom is 0.126 e. The number of nitrogen functional groups attached to an aromatic ring is 1. The maximum absolute atomic E-state index is 12.9. The number of nitrogens with two attached hydrogens (primary N) is 1. The first-order valence-corrected chi connectivity index (χ1v) is 4.78. The second-order valence-electron chi connectivity index (χ2n) is 2.86. The standard InChI is InChI=1S/C10H7F2NS/c11-7-3-6(4-8(12)5-7)9-1-2-10(13)14-9/h1-5H,13H2. The van der Waals surface area contributed by atoms with Gasteiger partial charge < -0.3 is 5.73 Å². The lowest BCUT2D eigenvalue weighted by atomic mass is 10.2. The third kappa shape index (κ3) is 1.75. The van der Waals surface area contributed by atoms with Crippen LogP contribution in [0.3, 0.4) is 0 Å². The first-order valence-electron chi connectivity index (χ1n) is 3.97. The van der Waals surface area contributed by atoms with Crippen molar-refractivity contribution in [2.75, 3.05) is 5.73 Å². The van der Waals surface area contributed by atoms with Crippen molar-refractivity contribution in [1.82, 2.24) is 0 Å². The molecular formula is C10H7F2NS. The van der Waals surface area contributed by atoms with Crippen LogP contribution in [0.4, 0.5) is 13.8 Å². The second-order valence-corrected chi connectivity index (χ2v) is 3.98. The molecule has 0 unspecified atom stereocenters. The second kappa shape index (κ2) is 3.38. The summed E-state index contributed by atoms with van der Waals surface area (Å²) in [6, 6.07) is 6.88. The van der Waals surface area contributed by atoms with Crippen LogP contribution in [0.5, 0.6) is 0 Å². The molecule has 1 heterocycles. The van der Waals surface area contributed by atoms with Crippen molar-refractivity contribution >= 4 is 16.3 Å². The number of rotatable bonds is 1. The molecular weight excluding hydrogens is 204 g/mol. The van der Waals surface area contributed by atoms with Gasteiger partial charge in [0, 0.05) is 10.9 Å². The van der Waals surface area contributed by atoms with E-state index >= 15 is 0 Å². The topological polar surface area (TPSA) is 26.0 Å². The molecule has 0 aliphatic carbocycles. The Bertz CT molecular complexity index is 445. The van der Waals surface area contributed by atoms with Gasteiger partial charge in [-0.15, -0.1) is 11.3 Å². The molecule has 0 fully saturated rings. The lowest BCUT2D eigenvalue weighted by molar-refractivity contribution is 0.584. The van der Waals surface area contributed by atoms with Crippen LogP contribution in [0.15, 0.2) is 30.3 Å². The van der Waals surface area contributed by atoms with E-state index in [0.29, 0.717) is 10.6 Å². The Morgan fingerprint density at radius 3 is 2.14 bits per heavy atom. The van der Waals surface area contributed by atoms with Gasteiger partial charge in [-0.2, -0.15) is 0 Å². The predicted molar refractivity (Wildman–Crippen MR) is 54.1 cm³/mol. The van der Waals surface area contributed by atoms with Crippen LogP contribution in [-0.4, -0.2) is 0 Å². The molecule has 1 aromatic heterocycles. The minimum Gasteiger partial charge on any atom is -0.391 e. The molecule has 0 atom stereocenters. The zero-order valence-corrected chi connectivity index (χ0v) is 7.94. The molecule has 0 bridgehead atoms. The fourth-order valence-corrected chi connectivity index (χ4v) is 1.97. The molecule has 2 aromatic rings. The van der Waals surface area contributed by atoms with E-state index in [0.717, 1.165) is 10.9 Å². The lowest BCUT2D eigenvalue weighted by Crippen LogP contribution is -1.81. The van der Waals surface area contributed by atoms with Crippen LogP contribution in [0.2, 0.25) is 0 Å². The fourth-order valence-electron chi connectivity index (χ4n) is 1.20. The van der Waals surface area contributed by atoms with Crippen molar-refractivity contribution in [3.8, 4) is 10.4 Å². The summed E-state index contributed by atoms with van der Waals surface area (Å²) < 4.78 is 25.7. The Kier molecular flexibility index (Phi) is 2.21. The first-order chi connectivity index (χ1) is 6.65. The van der Waals surface area contributed by atoms with Crippen molar-refractivity contribution in [1.29, 1.82) is 0 Å². The summed E-state index contributed by atoms with van der Waals surface area (Å²) in [5.41, 5.74) is 6.04. The van der Waals surface area contributed by atoms with Gasteiger partial charge in [-0.3, -0.25) is 0 Å². The van der Waals surface area contributed by atoms with Gasteiger partial charge in [-0.05, 0) is 29.8 Å². The van der Waals surface area contributed by atoms with Gasteiger partial charge >= 0.3 is 0 Å². The molecule has 2 rings (SSSR count). The Morgan fingerprint density at radius 2 is 1.64 bits per heavy atom. The molecule has 2 N–H and O–H groups in total. The highest BCUT2D eigenvalue weighted by atomic mass is 32.1. The summed E-state index contributed by atoms with van der Waals surface area (Å²) in [5.74, 6) is -1.15. The van der Waals surface area contributed by atoms with E-state index < -0.39 is 11.6 Å². The molecule has 72 valence electrons. The smallest absolute Gasteiger partial charge is 0.126 e. The monoisotopic (exact) mass is 211 g/mol. The van der Waals surface area contributed by atoms with Crippen LogP contribution in [0.25, 0.3) is 10.4 Å². The maximum atomic E-state index is 12.9. The van der Waals surface area contributed by atoms with Gasteiger partial charge in [-0.25, -0.2) is 8.78 Å². The molecule has 14 heavy (non-hydrogen) atoms. The molecule has 0 aliphatic heterocycles. The highest BCUT2D eigenvalue weighted by Gasteiger charge is 2.04. The van der Waals surface area contributed by atoms with Gasteiger partial charge in [0.2, 0.25) is 0 Å². The number of anilines is 1. The van der Waals surface area contributed by atoms with E-state index in [1.165, 1.54) is 23.5 Å². The molecule has 1 aromatic carbocycles. The van der Waals surface area contributed by atoms with Crippen LogP contribution >= 0.6 is 11.3 Å².